The number of phenolic OH excluding ortho intramolecular Hbond substituents is 1. The van der Waals surface area contributed by atoms with Gasteiger partial charge >= 0.3 is 24.7 Å². The van der Waals surface area contributed by atoms with Crippen LogP contribution in [-0.4, -0.2) is 29.0 Å². The van der Waals surface area contributed by atoms with Crippen LogP contribution in [0.3, 0.4) is 0 Å². The number of halogens is 12. The highest BCUT2D eigenvalue weighted by Crippen LogP contribution is 2.32. The van der Waals surface area contributed by atoms with Crippen molar-refractivity contribution >= 4 is 43.7 Å². The summed E-state index contributed by atoms with van der Waals surface area (Å²) >= 11 is 0. The van der Waals surface area contributed by atoms with Crippen molar-refractivity contribution in [1.29, 1.82) is 0 Å². The first-order valence-electron chi connectivity index (χ1n) is 18.0. The SMILES string of the molecule is C[S+](=O)(C#Cc1ccccc1)CC(=O)c1ccc(O)cc1.FC(F)(F)c1ccc([B-](c2ccc(C(F)(F)F)cc2)(c2ccc(C(F)(F)F)cc2)c2ccc(C(F)(F)F)cc2)cc1. The van der Waals surface area contributed by atoms with Crippen LogP contribution in [0.4, 0.5) is 52.7 Å². The fraction of sp³-hybridized carbons (Fsp3) is 0.133. The molecule has 6 aromatic rings. The topological polar surface area (TPSA) is 54.4 Å². The highest BCUT2D eigenvalue weighted by atomic mass is 32.2. The second-order valence-electron chi connectivity index (χ2n) is 14.1. The van der Waals surface area contributed by atoms with E-state index in [9.17, 15) is 66.8 Å². The molecular formula is C45H31BF12O3S. The van der Waals surface area contributed by atoms with Crippen molar-refractivity contribution in [2.24, 2.45) is 0 Å². The average Bonchev–Trinajstić information content (AvgIpc) is 3.21. The van der Waals surface area contributed by atoms with E-state index in [1.54, 1.807) is 0 Å². The van der Waals surface area contributed by atoms with E-state index in [1.165, 1.54) is 30.5 Å². The van der Waals surface area contributed by atoms with Crippen molar-refractivity contribution in [2.75, 3.05) is 12.0 Å². The number of benzene rings is 6. The number of carbonyl (C=O) groups excluding carboxylic acids is 1. The summed E-state index contributed by atoms with van der Waals surface area (Å²) in [5.74, 6) is 2.55. The number of phenols is 1. The third kappa shape index (κ3) is 11.3. The number of ketones is 1. The number of Topliss-reactive ketones (excluding diaryl/α,β-unsaturated/α-hetero) is 1. The quantitative estimate of drug-likeness (QED) is 0.0572. The van der Waals surface area contributed by atoms with Crippen LogP contribution in [0.1, 0.15) is 38.2 Å². The minimum atomic E-state index is -4.77. The van der Waals surface area contributed by atoms with E-state index in [1.807, 2.05) is 30.3 Å². The summed E-state index contributed by atoms with van der Waals surface area (Å²) in [6, 6.07) is 28.7. The Bertz CT molecular complexity index is 2340. The maximum atomic E-state index is 13.3. The number of carbonyl (C=O) groups is 1. The fourth-order valence-electron chi connectivity index (χ4n) is 6.70. The van der Waals surface area contributed by atoms with Gasteiger partial charge in [-0.3, -0.25) is 4.79 Å². The molecule has 0 aromatic heterocycles. The lowest BCUT2D eigenvalue weighted by molar-refractivity contribution is -0.138. The highest BCUT2D eigenvalue weighted by molar-refractivity contribution is 8.07. The van der Waals surface area contributed by atoms with Gasteiger partial charge in [0.15, 0.2) is 20.9 Å². The molecule has 1 atom stereocenters. The molecule has 3 nitrogen and oxygen atoms in total. The molecule has 0 amide bonds. The molecule has 0 fully saturated rings. The van der Waals surface area contributed by atoms with Gasteiger partial charge in [0.2, 0.25) is 5.78 Å². The third-order valence-electron chi connectivity index (χ3n) is 9.73. The molecule has 62 heavy (non-hydrogen) atoms. The molecule has 0 aliphatic carbocycles. The maximum Gasteiger partial charge on any atom is 0.416 e. The van der Waals surface area contributed by atoms with Gasteiger partial charge in [-0.15, -0.1) is 0 Å². The average molecular weight is 891 g/mol. The van der Waals surface area contributed by atoms with Gasteiger partial charge in [0.25, 0.3) is 0 Å². The van der Waals surface area contributed by atoms with Gasteiger partial charge in [-0.05, 0) is 42.3 Å². The largest absolute Gasteiger partial charge is 0.508 e. The van der Waals surface area contributed by atoms with Crippen LogP contribution in [0.25, 0.3) is 0 Å². The molecule has 0 saturated carbocycles. The zero-order chi connectivity index (χ0) is 45.7. The smallest absolute Gasteiger partial charge is 0.416 e. The second kappa shape index (κ2) is 18.0. The molecule has 0 aliphatic rings. The van der Waals surface area contributed by atoms with E-state index in [4.69, 9.17) is 0 Å². The van der Waals surface area contributed by atoms with Crippen molar-refractivity contribution < 1.29 is 66.8 Å². The molecule has 1 unspecified atom stereocenters. The summed E-state index contributed by atoms with van der Waals surface area (Å²) in [5.41, 5.74) is -3.11. The molecule has 0 heterocycles. The lowest BCUT2D eigenvalue weighted by Gasteiger charge is -2.44. The van der Waals surface area contributed by atoms with Crippen LogP contribution in [0.15, 0.2) is 152 Å². The molecule has 6 aromatic carbocycles. The minimum Gasteiger partial charge on any atom is -0.508 e. The van der Waals surface area contributed by atoms with Gasteiger partial charge in [0.05, 0.1) is 22.3 Å². The van der Waals surface area contributed by atoms with Gasteiger partial charge in [-0.25, -0.2) is 0 Å². The first-order valence-corrected chi connectivity index (χ1v) is 20.2. The highest BCUT2D eigenvalue weighted by Gasteiger charge is 2.38. The van der Waals surface area contributed by atoms with Gasteiger partial charge in [-0.2, -0.15) is 74.5 Å². The summed E-state index contributed by atoms with van der Waals surface area (Å²) in [7, 11) is -2.56. The monoisotopic (exact) mass is 890 g/mol. The van der Waals surface area contributed by atoms with Crippen molar-refractivity contribution in [2.45, 2.75) is 24.7 Å². The number of hydrogen-bond acceptors (Lipinski definition) is 3. The Labute approximate surface area is 348 Å². The molecule has 0 aliphatic heterocycles. The van der Waals surface area contributed by atoms with E-state index < -0.39 is 63.0 Å². The summed E-state index contributed by atoms with van der Waals surface area (Å²) in [6.07, 6.45) is -20.5. The van der Waals surface area contributed by atoms with Gasteiger partial charge in [-0.1, -0.05) is 119 Å². The summed E-state index contributed by atoms with van der Waals surface area (Å²) < 4.78 is 172. The lowest BCUT2D eigenvalue weighted by atomic mass is 9.13. The van der Waals surface area contributed by atoms with Crippen molar-refractivity contribution in [3.63, 3.8) is 0 Å². The molecule has 0 spiro atoms. The Morgan fingerprint density at radius 2 is 0.806 bits per heavy atom. The van der Waals surface area contributed by atoms with Crippen LogP contribution in [0.5, 0.6) is 5.75 Å². The second-order valence-corrected chi connectivity index (χ2v) is 16.6. The zero-order valence-corrected chi connectivity index (χ0v) is 32.7. The van der Waals surface area contributed by atoms with Crippen LogP contribution in [0.2, 0.25) is 0 Å². The Hall–Kier alpha value is -6.28. The molecule has 0 saturated heterocycles. The van der Waals surface area contributed by atoms with E-state index in [-0.39, 0.29) is 39.1 Å². The fourth-order valence-corrected chi connectivity index (χ4v) is 7.78. The molecule has 0 bridgehead atoms. The lowest BCUT2D eigenvalue weighted by Crippen LogP contribution is -2.74. The van der Waals surface area contributed by atoms with Crippen LogP contribution in [-0.2, 0) is 38.8 Å². The molecule has 0 radical (unpaired) electrons. The zero-order valence-electron chi connectivity index (χ0n) is 31.9. The van der Waals surface area contributed by atoms with Gasteiger partial charge in [0.1, 0.15) is 18.2 Å². The predicted octanol–water partition coefficient (Wildman–Crippen LogP) is 9.85. The Morgan fingerprint density at radius 1 is 0.500 bits per heavy atom. The Morgan fingerprint density at radius 3 is 1.10 bits per heavy atom. The van der Waals surface area contributed by atoms with Gasteiger partial charge < -0.3 is 5.11 Å². The summed E-state index contributed by atoms with van der Waals surface area (Å²) in [5, 5.41) is 11.9. The van der Waals surface area contributed by atoms with E-state index >= 15 is 0 Å². The summed E-state index contributed by atoms with van der Waals surface area (Å²) in [6.45, 7) is 0. The first-order chi connectivity index (χ1) is 28.8. The predicted molar refractivity (Wildman–Crippen MR) is 215 cm³/mol. The minimum absolute atomic E-state index is 0.0114. The maximum absolute atomic E-state index is 13.3. The number of aromatic hydroxyl groups is 1. The number of alkyl halides is 12. The van der Waals surface area contributed by atoms with Crippen molar-refractivity contribution in [3.8, 4) is 16.9 Å². The van der Waals surface area contributed by atoms with Crippen LogP contribution in [0, 0.1) is 11.2 Å². The number of rotatable bonds is 7. The van der Waals surface area contributed by atoms with E-state index in [0.717, 1.165) is 54.1 Å². The normalized spacial score (nSPS) is 13.2. The number of hydrogen-bond donors (Lipinski definition) is 1. The Balaban J connectivity index is 0.000000290. The third-order valence-corrected chi connectivity index (χ3v) is 11.1. The Kier molecular flexibility index (Phi) is 13.6. The van der Waals surface area contributed by atoms with Crippen LogP contribution < -0.4 is 21.9 Å². The molecule has 17 heteroatoms. The molecule has 6 rings (SSSR count). The molecule has 322 valence electrons. The molecular weight excluding hydrogens is 859 g/mol. The van der Waals surface area contributed by atoms with Crippen molar-refractivity contribution in [3.05, 3.63) is 185 Å². The van der Waals surface area contributed by atoms with Gasteiger partial charge in [0, 0.05) is 11.1 Å². The standard InChI is InChI=1S/C28H16BF12.C17H14O3S/c30-25(31,32)17-1-9-21(10-2-17)29(22-11-3-18(4-12-22)26(33,34)35,23-13-5-19(6-14-23)27(36,37)38)24-15-7-20(8-16-24)28(39,40)41;1-21(20,12-11-14-5-3-2-4-6-14)13-17(19)15-7-9-16(18)10-8-15/h1-16H;2-10H,13H2,1H3/q-1;/p+1. The van der Waals surface area contributed by atoms with Crippen molar-refractivity contribution in [1.82, 2.24) is 0 Å². The molecule has 1 N–H and O–H groups in total. The van der Waals surface area contributed by atoms with E-state index in [2.05, 4.69) is 11.2 Å². The van der Waals surface area contributed by atoms with E-state index in [0.29, 0.717) is 54.1 Å². The van der Waals surface area contributed by atoms with Crippen LogP contribution >= 0.6 is 0 Å². The summed E-state index contributed by atoms with van der Waals surface area (Å²) in [4.78, 5) is 12.1. The first kappa shape index (κ1) is 46.8.